The van der Waals surface area contributed by atoms with E-state index in [0.29, 0.717) is 17.6 Å². The van der Waals surface area contributed by atoms with Crippen molar-refractivity contribution in [2.75, 3.05) is 13.2 Å². The molecule has 17 heavy (non-hydrogen) atoms. The predicted octanol–water partition coefficient (Wildman–Crippen LogP) is 3.59. The molecule has 0 aromatic heterocycles. The van der Waals surface area contributed by atoms with E-state index in [1.807, 2.05) is 0 Å². The molecule has 0 N–H and O–H groups in total. The molecule has 1 aliphatic heterocycles. The normalized spacial score (nSPS) is 25.4. The van der Waals surface area contributed by atoms with E-state index >= 15 is 0 Å². The van der Waals surface area contributed by atoms with Crippen molar-refractivity contribution >= 4 is 5.78 Å². The lowest BCUT2D eigenvalue weighted by molar-refractivity contribution is -0.136. The van der Waals surface area contributed by atoms with Gasteiger partial charge in [-0.2, -0.15) is 0 Å². The Labute approximate surface area is 105 Å². The zero-order valence-corrected chi connectivity index (χ0v) is 11.3. The molecular weight excluding hydrogens is 212 g/mol. The summed E-state index contributed by atoms with van der Waals surface area (Å²) in [5.41, 5.74) is 0.0379. The molecule has 2 heteroatoms. The first-order chi connectivity index (χ1) is 8.14. The molecule has 0 spiro atoms. The van der Waals surface area contributed by atoms with Crippen LogP contribution in [0.15, 0.2) is 0 Å². The fourth-order valence-corrected chi connectivity index (χ4v) is 3.78. The number of Topliss-reactive ketones (excluding diaryl/α,β-unsaturated/α-hetero) is 1. The van der Waals surface area contributed by atoms with Gasteiger partial charge in [-0.05, 0) is 38.0 Å². The molecule has 1 saturated carbocycles. The second-order valence-electron chi connectivity index (χ2n) is 6.34. The van der Waals surface area contributed by atoms with Crippen LogP contribution in [-0.4, -0.2) is 19.0 Å². The first-order valence-corrected chi connectivity index (χ1v) is 7.26. The van der Waals surface area contributed by atoms with Crippen LogP contribution in [0.5, 0.6) is 0 Å². The van der Waals surface area contributed by atoms with Gasteiger partial charge in [0.15, 0.2) is 0 Å². The Morgan fingerprint density at radius 1 is 1.24 bits per heavy atom. The van der Waals surface area contributed by atoms with Gasteiger partial charge in [-0.25, -0.2) is 0 Å². The van der Waals surface area contributed by atoms with Crippen molar-refractivity contribution in [3.05, 3.63) is 0 Å². The van der Waals surface area contributed by atoms with Gasteiger partial charge in [0, 0.05) is 24.5 Å². The summed E-state index contributed by atoms with van der Waals surface area (Å²) in [6, 6.07) is 0. The van der Waals surface area contributed by atoms with Gasteiger partial charge in [-0.3, -0.25) is 4.79 Å². The molecule has 1 saturated heterocycles. The first-order valence-electron chi connectivity index (χ1n) is 7.26. The van der Waals surface area contributed by atoms with E-state index < -0.39 is 0 Å². The lowest BCUT2D eigenvalue weighted by Gasteiger charge is -2.34. The van der Waals surface area contributed by atoms with E-state index in [0.717, 1.165) is 45.3 Å². The molecule has 1 aliphatic carbocycles. The SMILES string of the molecule is CC(C)CC1(C(=O)C2CCOCC2)CCCC1. The molecule has 2 fully saturated rings. The lowest BCUT2D eigenvalue weighted by Crippen LogP contribution is -2.37. The minimum Gasteiger partial charge on any atom is -0.381 e. The first kappa shape index (κ1) is 13.1. The largest absolute Gasteiger partial charge is 0.381 e. The van der Waals surface area contributed by atoms with E-state index in [-0.39, 0.29) is 5.41 Å². The van der Waals surface area contributed by atoms with Crippen molar-refractivity contribution in [3.8, 4) is 0 Å². The zero-order valence-electron chi connectivity index (χ0n) is 11.3. The average Bonchev–Trinajstić information content (AvgIpc) is 2.78. The van der Waals surface area contributed by atoms with Crippen LogP contribution in [0.2, 0.25) is 0 Å². The Balaban J connectivity index is 2.06. The molecule has 2 aliphatic rings. The maximum Gasteiger partial charge on any atom is 0.142 e. The number of carbonyl (C=O) groups excluding carboxylic acids is 1. The number of ketones is 1. The number of rotatable bonds is 4. The summed E-state index contributed by atoms with van der Waals surface area (Å²) in [6.45, 7) is 6.07. The van der Waals surface area contributed by atoms with Crippen LogP contribution < -0.4 is 0 Å². The molecule has 0 radical (unpaired) electrons. The van der Waals surface area contributed by atoms with Gasteiger partial charge in [0.1, 0.15) is 5.78 Å². The number of carbonyl (C=O) groups is 1. The van der Waals surface area contributed by atoms with Crippen LogP contribution >= 0.6 is 0 Å². The fraction of sp³-hybridized carbons (Fsp3) is 0.933. The molecular formula is C15H26O2. The minimum absolute atomic E-state index is 0.0379. The molecule has 0 bridgehead atoms. The highest BCUT2D eigenvalue weighted by molar-refractivity contribution is 5.87. The molecule has 98 valence electrons. The average molecular weight is 238 g/mol. The highest BCUT2D eigenvalue weighted by atomic mass is 16.5. The quantitative estimate of drug-likeness (QED) is 0.748. The Bertz CT molecular complexity index is 258. The molecule has 0 unspecified atom stereocenters. The summed E-state index contributed by atoms with van der Waals surface area (Å²) in [6.07, 6.45) is 7.80. The summed E-state index contributed by atoms with van der Waals surface area (Å²) < 4.78 is 5.37. The van der Waals surface area contributed by atoms with Gasteiger partial charge >= 0.3 is 0 Å². The maximum atomic E-state index is 12.8. The topological polar surface area (TPSA) is 26.3 Å². The smallest absolute Gasteiger partial charge is 0.142 e. The summed E-state index contributed by atoms with van der Waals surface area (Å²) in [5, 5.41) is 0. The van der Waals surface area contributed by atoms with E-state index in [1.165, 1.54) is 12.8 Å². The van der Waals surface area contributed by atoms with Crippen LogP contribution in [0, 0.1) is 17.3 Å². The lowest BCUT2D eigenvalue weighted by atomic mass is 9.70. The van der Waals surface area contributed by atoms with Crippen LogP contribution in [0.4, 0.5) is 0 Å². The summed E-state index contributed by atoms with van der Waals surface area (Å²) in [5.74, 6) is 1.50. The van der Waals surface area contributed by atoms with Crippen molar-refractivity contribution in [1.29, 1.82) is 0 Å². The Kier molecular flexibility index (Phi) is 4.24. The fourth-order valence-electron chi connectivity index (χ4n) is 3.78. The third-order valence-corrected chi connectivity index (χ3v) is 4.47. The van der Waals surface area contributed by atoms with Crippen LogP contribution in [-0.2, 0) is 9.53 Å². The number of hydrogen-bond donors (Lipinski definition) is 0. The third kappa shape index (κ3) is 2.90. The minimum atomic E-state index is 0.0379. The Morgan fingerprint density at radius 2 is 1.82 bits per heavy atom. The predicted molar refractivity (Wildman–Crippen MR) is 68.9 cm³/mol. The standard InChI is InChI=1S/C15H26O2/c1-12(2)11-15(7-3-4-8-15)14(16)13-5-9-17-10-6-13/h12-13H,3-11H2,1-2H3. The van der Waals surface area contributed by atoms with Crippen molar-refractivity contribution < 1.29 is 9.53 Å². The van der Waals surface area contributed by atoms with Gasteiger partial charge in [0.25, 0.3) is 0 Å². The molecule has 1 heterocycles. The highest BCUT2D eigenvalue weighted by Gasteiger charge is 2.44. The third-order valence-electron chi connectivity index (χ3n) is 4.47. The van der Waals surface area contributed by atoms with Crippen molar-refractivity contribution in [2.24, 2.45) is 17.3 Å². The second kappa shape index (κ2) is 5.51. The molecule has 0 aromatic rings. The highest BCUT2D eigenvalue weighted by Crippen LogP contribution is 2.46. The molecule has 0 amide bonds. The summed E-state index contributed by atoms with van der Waals surface area (Å²) in [4.78, 5) is 12.8. The van der Waals surface area contributed by atoms with Crippen molar-refractivity contribution in [3.63, 3.8) is 0 Å². The van der Waals surface area contributed by atoms with E-state index in [4.69, 9.17) is 4.74 Å². The second-order valence-corrected chi connectivity index (χ2v) is 6.34. The van der Waals surface area contributed by atoms with Crippen LogP contribution in [0.3, 0.4) is 0 Å². The molecule has 0 atom stereocenters. The monoisotopic (exact) mass is 238 g/mol. The summed E-state index contributed by atoms with van der Waals surface area (Å²) in [7, 11) is 0. The van der Waals surface area contributed by atoms with E-state index in [1.54, 1.807) is 0 Å². The number of ether oxygens (including phenoxy) is 1. The van der Waals surface area contributed by atoms with Crippen molar-refractivity contribution in [1.82, 2.24) is 0 Å². The van der Waals surface area contributed by atoms with Crippen LogP contribution in [0.25, 0.3) is 0 Å². The zero-order chi connectivity index (χ0) is 12.3. The Morgan fingerprint density at radius 3 is 2.35 bits per heavy atom. The molecule has 2 rings (SSSR count). The van der Waals surface area contributed by atoms with Gasteiger partial charge in [0.2, 0.25) is 0 Å². The maximum absolute atomic E-state index is 12.8. The summed E-state index contributed by atoms with van der Waals surface area (Å²) >= 11 is 0. The van der Waals surface area contributed by atoms with Crippen molar-refractivity contribution in [2.45, 2.75) is 58.8 Å². The van der Waals surface area contributed by atoms with Gasteiger partial charge < -0.3 is 4.74 Å². The van der Waals surface area contributed by atoms with E-state index in [2.05, 4.69) is 13.8 Å². The number of hydrogen-bond acceptors (Lipinski definition) is 2. The van der Waals surface area contributed by atoms with Gasteiger partial charge in [0.05, 0.1) is 0 Å². The van der Waals surface area contributed by atoms with Gasteiger partial charge in [-0.1, -0.05) is 26.7 Å². The van der Waals surface area contributed by atoms with Gasteiger partial charge in [-0.15, -0.1) is 0 Å². The molecule has 0 aromatic carbocycles. The van der Waals surface area contributed by atoms with E-state index in [9.17, 15) is 4.79 Å². The molecule has 2 nitrogen and oxygen atoms in total. The Hall–Kier alpha value is -0.370. The van der Waals surface area contributed by atoms with Crippen LogP contribution in [0.1, 0.15) is 58.8 Å².